The van der Waals surface area contributed by atoms with Gasteiger partial charge in [-0.1, -0.05) is 17.2 Å². The number of aromatic nitrogens is 4. The van der Waals surface area contributed by atoms with Gasteiger partial charge in [-0.25, -0.2) is 0 Å². The minimum absolute atomic E-state index is 0.177. The van der Waals surface area contributed by atoms with E-state index < -0.39 is 0 Å². The number of likely N-dealkylation sites (tertiary alicyclic amines) is 1. The van der Waals surface area contributed by atoms with Crippen LogP contribution in [0.3, 0.4) is 0 Å². The van der Waals surface area contributed by atoms with E-state index in [1.54, 1.807) is 23.4 Å². The van der Waals surface area contributed by atoms with Gasteiger partial charge in [-0.15, -0.1) is 0 Å². The van der Waals surface area contributed by atoms with Crippen LogP contribution in [0.2, 0.25) is 0 Å². The molecule has 0 spiro atoms. The Labute approximate surface area is 143 Å². The second-order valence-corrected chi connectivity index (χ2v) is 5.93. The summed E-state index contributed by atoms with van der Waals surface area (Å²) in [5, 5.41) is 7.86. The first-order chi connectivity index (χ1) is 12.3. The predicted octanol–water partition coefficient (Wildman–Crippen LogP) is 2.66. The minimum Gasteiger partial charge on any atom is -0.361 e. The molecule has 1 fully saturated rings. The Morgan fingerprint density at radius 2 is 2.28 bits per heavy atom. The number of carbonyl (C=O) groups excluding carboxylic acids is 1. The van der Waals surface area contributed by atoms with E-state index in [1.807, 2.05) is 19.1 Å². The minimum atomic E-state index is -0.225. The summed E-state index contributed by atoms with van der Waals surface area (Å²) in [6.07, 6.45) is 5.83. The highest BCUT2D eigenvalue weighted by atomic mass is 16.5. The van der Waals surface area contributed by atoms with Crippen LogP contribution in [0.5, 0.6) is 0 Å². The molecule has 4 heterocycles. The number of hydrogen-bond acceptors (Lipinski definition) is 7. The van der Waals surface area contributed by atoms with Gasteiger partial charge in [0.2, 0.25) is 11.7 Å². The topological polar surface area (TPSA) is 98.2 Å². The highest BCUT2D eigenvalue weighted by molar-refractivity contribution is 5.93. The van der Waals surface area contributed by atoms with Crippen molar-refractivity contribution < 1.29 is 13.8 Å². The van der Waals surface area contributed by atoms with E-state index in [2.05, 4.69) is 20.3 Å². The molecule has 0 bridgehead atoms. The quantitative estimate of drug-likeness (QED) is 0.704. The molecule has 1 aliphatic rings. The maximum atomic E-state index is 12.6. The fraction of sp³-hybridized carbons (Fsp3) is 0.353. The SMILES string of the molecule is CCCc1cc(C(=O)N2CC[C@@H]2c2nc(-c3cccnc3)no2)no1. The van der Waals surface area contributed by atoms with Crippen LogP contribution in [0.25, 0.3) is 11.4 Å². The van der Waals surface area contributed by atoms with Gasteiger partial charge in [0, 0.05) is 37.0 Å². The van der Waals surface area contributed by atoms with Crippen LogP contribution in [0, 0.1) is 0 Å². The average Bonchev–Trinajstić information content (AvgIpc) is 3.25. The van der Waals surface area contributed by atoms with Crippen molar-refractivity contribution >= 4 is 5.91 Å². The molecular formula is C17H17N5O3. The smallest absolute Gasteiger partial charge is 0.276 e. The van der Waals surface area contributed by atoms with E-state index in [9.17, 15) is 4.79 Å². The molecule has 4 rings (SSSR count). The summed E-state index contributed by atoms with van der Waals surface area (Å²) >= 11 is 0. The summed E-state index contributed by atoms with van der Waals surface area (Å²) < 4.78 is 10.5. The summed E-state index contributed by atoms with van der Waals surface area (Å²) in [6, 6.07) is 5.14. The molecule has 1 saturated heterocycles. The maximum absolute atomic E-state index is 12.6. The molecule has 0 aliphatic carbocycles. The lowest BCUT2D eigenvalue weighted by Gasteiger charge is -2.37. The van der Waals surface area contributed by atoms with Gasteiger partial charge in [0.05, 0.1) is 0 Å². The second-order valence-electron chi connectivity index (χ2n) is 5.93. The van der Waals surface area contributed by atoms with Gasteiger partial charge in [0.15, 0.2) is 5.69 Å². The van der Waals surface area contributed by atoms with Crippen LogP contribution in [0.15, 0.2) is 39.6 Å². The summed E-state index contributed by atoms with van der Waals surface area (Å²) in [5.74, 6) is 1.44. The summed E-state index contributed by atoms with van der Waals surface area (Å²) in [6.45, 7) is 2.68. The molecule has 0 saturated carbocycles. The Morgan fingerprint density at radius 3 is 3.00 bits per heavy atom. The average molecular weight is 339 g/mol. The highest BCUT2D eigenvalue weighted by Crippen LogP contribution is 2.34. The Kier molecular flexibility index (Phi) is 4.01. The standard InChI is InChI=1S/C17H17N5O3/c1-2-4-12-9-13(20-24-12)17(23)22-8-6-14(22)16-19-15(21-25-16)11-5-3-7-18-10-11/h3,5,7,9-10,14H,2,4,6,8H2,1H3/t14-/m1/s1. The van der Waals surface area contributed by atoms with Crippen LogP contribution in [-0.2, 0) is 6.42 Å². The van der Waals surface area contributed by atoms with Gasteiger partial charge in [-0.05, 0) is 25.0 Å². The molecule has 3 aromatic rings. The van der Waals surface area contributed by atoms with Crippen LogP contribution < -0.4 is 0 Å². The number of hydrogen-bond donors (Lipinski definition) is 0. The lowest BCUT2D eigenvalue weighted by Crippen LogP contribution is -2.45. The zero-order valence-corrected chi connectivity index (χ0v) is 13.8. The van der Waals surface area contributed by atoms with Gasteiger partial charge in [-0.2, -0.15) is 4.98 Å². The molecule has 3 aromatic heterocycles. The van der Waals surface area contributed by atoms with Crippen LogP contribution >= 0.6 is 0 Å². The number of amides is 1. The number of nitrogens with zero attached hydrogens (tertiary/aromatic N) is 5. The van der Waals surface area contributed by atoms with Gasteiger partial charge in [-0.3, -0.25) is 9.78 Å². The second kappa shape index (κ2) is 6.46. The summed E-state index contributed by atoms with van der Waals surface area (Å²) in [4.78, 5) is 22.7. The zero-order chi connectivity index (χ0) is 17.2. The summed E-state index contributed by atoms with van der Waals surface area (Å²) in [7, 11) is 0. The molecule has 8 heteroatoms. The van der Waals surface area contributed by atoms with Crippen molar-refractivity contribution in [1.82, 2.24) is 25.2 Å². The molecule has 1 amide bonds. The fourth-order valence-electron chi connectivity index (χ4n) is 2.80. The van der Waals surface area contributed by atoms with E-state index in [4.69, 9.17) is 9.05 Å². The number of carbonyl (C=O) groups is 1. The van der Waals surface area contributed by atoms with E-state index in [0.29, 0.717) is 24.0 Å². The van der Waals surface area contributed by atoms with Crippen LogP contribution in [0.4, 0.5) is 0 Å². The van der Waals surface area contributed by atoms with Crippen LogP contribution in [0.1, 0.15) is 47.9 Å². The van der Waals surface area contributed by atoms with Crippen molar-refractivity contribution in [3.05, 3.63) is 47.9 Å². The number of aryl methyl sites for hydroxylation is 1. The first kappa shape index (κ1) is 15.5. The molecular weight excluding hydrogens is 322 g/mol. The number of rotatable bonds is 5. The maximum Gasteiger partial charge on any atom is 0.276 e. The van der Waals surface area contributed by atoms with E-state index >= 15 is 0 Å². The normalized spacial score (nSPS) is 16.7. The van der Waals surface area contributed by atoms with Crippen molar-refractivity contribution in [2.45, 2.75) is 32.2 Å². The zero-order valence-electron chi connectivity index (χ0n) is 13.8. The largest absolute Gasteiger partial charge is 0.361 e. The highest BCUT2D eigenvalue weighted by Gasteiger charge is 2.39. The Bertz CT molecular complexity index is 873. The number of pyridine rings is 1. The molecule has 8 nitrogen and oxygen atoms in total. The van der Waals surface area contributed by atoms with Crippen molar-refractivity contribution in [2.75, 3.05) is 6.54 Å². The Morgan fingerprint density at radius 1 is 1.36 bits per heavy atom. The Balaban J connectivity index is 1.50. The first-order valence-corrected chi connectivity index (χ1v) is 8.27. The van der Waals surface area contributed by atoms with Crippen molar-refractivity contribution in [1.29, 1.82) is 0 Å². The Hall–Kier alpha value is -3.03. The molecule has 1 aliphatic heterocycles. The lowest BCUT2D eigenvalue weighted by molar-refractivity contribution is 0.0368. The van der Waals surface area contributed by atoms with Crippen molar-refractivity contribution in [3.8, 4) is 11.4 Å². The molecule has 25 heavy (non-hydrogen) atoms. The van der Waals surface area contributed by atoms with Crippen molar-refractivity contribution in [3.63, 3.8) is 0 Å². The summed E-state index contributed by atoms with van der Waals surface area (Å²) in [5.41, 5.74) is 1.09. The van der Waals surface area contributed by atoms with Gasteiger partial charge in [0.1, 0.15) is 11.8 Å². The fourth-order valence-corrected chi connectivity index (χ4v) is 2.80. The first-order valence-electron chi connectivity index (χ1n) is 8.27. The third kappa shape index (κ3) is 2.90. The molecule has 0 aromatic carbocycles. The lowest BCUT2D eigenvalue weighted by atomic mass is 10.0. The molecule has 128 valence electrons. The third-order valence-electron chi connectivity index (χ3n) is 4.20. The van der Waals surface area contributed by atoms with Gasteiger partial charge >= 0.3 is 0 Å². The van der Waals surface area contributed by atoms with Gasteiger partial charge < -0.3 is 13.9 Å². The molecule has 0 unspecified atom stereocenters. The third-order valence-corrected chi connectivity index (χ3v) is 4.20. The van der Waals surface area contributed by atoms with Crippen LogP contribution in [-0.4, -0.2) is 37.6 Å². The molecule has 1 atom stereocenters. The monoisotopic (exact) mass is 339 g/mol. The van der Waals surface area contributed by atoms with Crippen molar-refractivity contribution in [2.24, 2.45) is 0 Å². The van der Waals surface area contributed by atoms with E-state index in [0.717, 1.165) is 30.6 Å². The molecule has 0 radical (unpaired) electrons. The van der Waals surface area contributed by atoms with E-state index in [1.165, 1.54) is 0 Å². The molecule has 0 N–H and O–H groups in total. The van der Waals surface area contributed by atoms with Gasteiger partial charge in [0.25, 0.3) is 5.91 Å². The van der Waals surface area contributed by atoms with E-state index in [-0.39, 0.29) is 11.9 Å². The predicted molar refractivity (Wildman–Crippen MR) is 86.4 cm³/mol.